The Bertz CT molecular complexity index is 612. The van der Waals surface area contributed by atoms with Crippen LogP contribution < -0.4 is 4.74 Å². The predicted octanol–water partition coefficient (Wildman–Crippen LogP) is 2.26. The second-order valence-electron chi connectivity index (χ2n) is 6.27. The van der Waals surface area contributed by atoms with Crippen molar-refractivity contribution in [2.75, 3.05) is 39.8 Å². The maximum Gasteiger partial charge on any atom is 0.223 e. The van der Waals surface area contributed by atoms with Crippen LogP contribution in [0.1, 0.15) is 18.9 Å². The van der Waals surface area contributed by atoms with Crippen molar-refractivity contribution in [3.8, 4) is 5.75 Å². The normalized spacial score (nSPS) is 20.9. The molecule has 1 amide bonds. The number of hydrogen-bond acceptors (Lipinski definition) is 5. The summed E-state index contributed by atoms with van der Waals surface area (Å²) in [6.45, 7) is 6.50. The van der Waals surface area contributed by atoms with Crippen molar-refractivity contribution in [1.82, 2.24) is 9.80 Å². The van der Waals surface area contributed by atoms with E-state index in [4.69, 9.17) is 4.74 Å². The molecule has 2 aliphatic heterocycles. The van der Waals surface area contributed by atoms with Crippen molar-refractivity contribution in [3.05, 3.63) is 29.8 Å². The molecule has 6 heteroatoms. The van der Waals surface area contributed by atoms with Gasteiger partial charge in [0.15, 0.2) is 5.17 Å². The summed E-state index contributed by atoms with van der Waals surface area (Å²) in [5.74, 6) is 1.09. The van der Waals surface area contributed by atoms with E-state index in [9.17, 15) is 4.79 Å². The lowest BCUT2D eigenvalue weighted by atomic mass is 10.1. The summed E-state index contributed by atoms with van der Waals surface area (Å²) < 4.78 is 5.23. The van der Waals surface area contributed by atoms with Crippen LogP contribution in [0.5, 0.6) is 5.75 Å². The van der Waals surface area contributed by atoms with E-state index in [1.54, 1.807) is 7.11 Å². The fourth-order valence-electron chi connectivity index (χ4n) is 3.02. The molecule has 0 bridgehead atoms. The number of rotatable bonds is 4. The molecule has 1 saturated heterocycles. The number of piperazine rings is 1. The summed E-state index contributed by atoms with van der Waals surface area (Å²) in [5, 5.41) is 1.74. The van der Waals surface area contributed by atoms with Crippen LogP contribution >= 0.6 is 11.8 Å². The number of methoxy groups -OCH3 is 1. The van der Waals surface area contributed by atoms with E-state index in [-0.39, 0.29) is 5.91 Å². The van der Waals surface area contributed by atoms with Crippen molar-refractivity contribution in [1.29, 1.82) is 0 Å². The summed E-state index contributed by atoms with van der Waals surface area (Å²) in [6.07, 6.45) is 1.32. The van der Waals surface area contributed by atoms with Crippen LogP contribution in [0.15, 0.2) is 29.3 Å². The van der Waals surface area contributed by atoms with Crippen LogP contribution in [0.25, 0.3) is 0 Å². The molecule has 1 fully saturated rings. The van der Waals surface area contributed by atoms with E-state index in [0.29, 0.717) is 11.7 Å². The highest BCUT2D eigenvalue weighted by molar-refractivity contribution is 8.14. The summed E-state index contributed by atoms with van der Waals surface area (Å²) in [5.41, 5.74) is 1.15. The third kappa shape index (κ3) is 4.23. The quantitative estimate of drug-likeness (QED) is 0.838. The molecule has 24 heavy (non-hydrogen) atoms. The third-order valence-corrected chi connectivity index (χ3v) is 5.60. The first kappa shape index (κ1) is 17.1. The van der Waals surface area contributed by atoms with Gasteiger partial charge in [-0.15, -0.1) is 0 Å². The number of nitrogens with zero attached hydrogens (tertiary/aromatic N) is 3. The van der Waals surface area contributed by atoms with Crippen LogP contribution in [-0.2, 0) is 11.2 Å². The lowest BCUT2D eigenvalue weighted by Gasteiger charge is -2.35. The van der Waals surface area contributed by atoms with Crippen molar-refractivity contribution in [2.45, 2.75) is 25.0 Å². The van der Waals surface area contributed by atoms with E-state index >= 15 is 0 Å². The van der Waals surface area contributed by atoms with Gasteiger partial charge in [0.2, 0.25) is 5.91 Å². The molecule has 0 saturated carbocycles. The summed E-state index contributed by atoms with van der Waals surface area (Å²) in [4.78, 5) is 21.3. The molecule has 130 valence electrons. The van der Waals surface area contributed by atoms with Gasteiger partial charge in [-0.05, 0) is 24.1 Å². The molecule has 0 aliphatic carbocycles. The second-order valence-corrected chi connectivity index (χ2v) is 7.68. The summed E-state index contributed by atoms with van der Waals surface area (Å²) in [7, 11) is 1.66. The zero-order valence-corrected chi connectivity index (χ0v) is 15.2. The minimum atomic E-state index is 0.242. The third-order valence-electron chi connectivity index (χ3n) is 4.45. The topological polar surface area (TPSA) is 45.1 Å². The largest absolute Gasteiger partial charge is 0.497 e. The first-order valence-electron chi connectivity index (χ1n) is 8.52. The Kier molecular flexibility index (Phi) is 5.66. The second kappa shape index (κ2) is 7.92. The number of carbonyl (C=O) groups excluding carboxylic acids is 1. The SMILES string of the molecule is COc1cccc(CCC(=O)N2CCN(C3=NC[C@@H](C)S3)CC2)c1. The van der Waals surface area contributed by atoms with Crippen molar-refractivity contribution in [3.63, 3.8) is 0 Å². The van der Waals surface area contributed by atoms with Crippen molar-refractivity contribution < 1.29 is 9.53 Å². The van der Waals surface area contributed by atoms with Crippen LogP contribution in [0.2, 0.25) is 0 Å². The van der Waals surface area contributed by atoms with Gasteiger partial charge in [-0.1, -0.05) is 30.8 Å². The highest BCUT2D eigenvalue weighted by Crippen LogP contribution is 2.23. The van der Waals surface area contributed by atoms with Gasteiger partial charge in [0.05, 0.1) is 13.7 Å². The van der Waals surface area contributed by atoms with E-state index in [2.05, 4.69) is 16.8 Å². The Morgan fingerprint density at radius 3 is 2.79 bits per heavy atom. The number of hydrogen-bond donors (Lipinski definition) is 0. The Hall–Kier alpha value is -1.69. The van der Waals surface area contributed by atoms with Crippen molar-refractivity contribution in [2.24, 2.45) is 4.99 Å². The number of amidine groups is 1. The molecule has 5 nitrogen and oxygen atoms in total. The van der Waals surface area contributed by atoms with Crippen LogP contribution in [0.3, 0.4) is 0 Å². The van der Waals surface area contributed by atoms with Gasteiger partial charge in [-0.25, -0.2) is 0 Å². The molecule has 0 radical (unpaired) electrons. The van der Waals surface area contributed by atoms with Crippen LogP contribution in [0.4, 0.5) is 0 Å². The molecule has 0 N–H and O–H groups in total. The molecule has 2 aliphatic rings. The van der Waals surface area contributed by atoms with Gasteiger partial charge < -0.3 is 14.5 Å². The monoisotopic (exact) mass is 347 g/mol. The molecular formula is C18H25N3O2S. The number of aryl methyl sites for hydroxylation is 1. The molecule has 2 heterocycles. The predicted molar refractivity (Wildman–Crippen MR) is 98.8 cm³/mol. The Balaban J connectivity index is 1.45. The van der Waals surface area contributed by atoms with Gasteiger partial charge in [0.1, 0.15) is 5.75 Å². The van der Waals surface area contributed by atoms with Gasteiger partial charge >= 0.3 is 0 Å². The van der Waals surface area contributed by atoms with E-state index in [0.717, 1.165) is 55.6 Å². The lowest BCUT2D eigenvalue weighted by molar-refractivity contribution is -0.132. The smallest absolute Gasteiger partial charge is 0.223 e. The first-order chi connectivity index (χ1) is 11.7. The highest BCUT2D eigenvalue weighted by Gasteiger charge is 2.26. The van der Waals surface area contributed by atoms with Gasteiger partial charge in [-0.2, -0.15) is 0 Å². The maximum absolute atomic E-state index is 12.4. The lowest BCUT2D eigenvalue weighted by Crippen LogP contribution is -2.49. The molecule has 0 unspecified atom stereocenters. The van der Waals surface area contributed by atoms with E-state index in [1.807, 2.05) is 40.9 Å². The molecule has 1 atom stereocenters. The molecular weight excluding hydrogens is 322 g/mol. The fraction of sp³-hybridized carbons (Fsp3) is 0.556. The van der Waals surface area contributed by atoms with Gasteiger partial charge in [-0.3, -0.25) is 9.79 Å². The zero-order chi connectivity index (χ0) is 16.9. The average molecular weight is 347 g/mol. The van der Waals surface area contributed by atoms with Crippen LogP contribution in [0, 0.1) is 0 Å². The molecule has 1 aromatic rings. The highest BCUT2D eigenvalue weighted by atomic mass is 32.2. The van der Waals surface area contributed by atoms with Crippen molar-refractivity contribution >= 4 is 22.8 Å². The minimum absolute atomic E-state index is 0.242. The first-order valence-corrected chi connectivity index (χ1v) is 9.40. The summed E-state index contributed by atoms with van der Waals surface area (Å²) >= 11 is 1.85. The Morgan fingerprint density at radius 2 is 2.12 bits per heavy atom. The Labute approximate surface area is 148 Å². The van der Waals surface area contributed by atoms with Gasteiger partial charge in [0, 0.05) is 37.8 Å². The number of ether oxygens (including phenoxy) is 1. The number of amides is 1. The number of aliphatic imine (C=N–C) groups is 1. The van der Waals surface area contributed by atoms with E-state index < -0.39 is 0 Å². The van der Waals surface area contributed by atoms with Gasteiger partial charge in [0.25, 0.3) is 0 Å². The maximum atomic E-state index is 12.4. The molecule has 1 aromatic carbocycles. The average Bonchev–Trinajstić information content (AvgIpc) is 3.06. The number of carbonyl (C=O) groups is 1. The molecule has 0 aromatic heterocycles. The number of benzene rings is 1. The van der Waals surface area contributed by atoms with Crippen LogP contribution in [-0.4, -0.2) is 66.0 Å². The molecule has 0 spiro atoms. The zero-order valence-electron chi connectivity index (χ0n) is 14.4. The fourth-order valence-corrected chi connectivity index (χ4v) is 4.01. The standard InChI is InChI=1S/C18H25N3O2S/c1-14-13-19-18(24-14)21-10-8-20(9-11-21)17(22)7-6-15-4-3-5-16(12-15)23-2/h3-5,12,14H,6-11,13H2,1-2H3/t14-/m1/s1. The molecule has 3 rings (SSSR count). The minimum Gasteiger partial charge on any atom is -0.497 e. The summed E-state index contributed by atoms with van der Waals surface area (Å²) in [6, 6.07) is 7.94. The Morgan fingerprint density at radius 1 is 1.33 bits per heavy atom. The number of thioether (sulfide) groups is 1. The van der Waals surface area contributed by atoms with E-state index in [1.165, 1.54) is 0 Å².